The first kappa shape index (κ1) is 29.9. The maximum Gasteiger partial charge on any atom is 0.305 e. The highest BCUT2D eigenvalue weighted by atomic mass is 19.1. The minimum absolute atomic E-state index is 0.193. The van der Waals surface area contributed by atoms with Crippen molar-refractivity contribution < 1.29 is 42.9 Å². The van der Waals surface area contributed by atoms with Gasteiger partial charge in [0.1, 0.15) is 24.4 Å². The zero-order valence-electron chi connectivity index (χ0n) is 21.6. The number of aliphatic carboxylic acids is 1. The molecule has 3 N–H and O–H groups in total. The fourth-order valence-corrected chi connectivity index (χ4v) is 3.56. The molecular weight excluding hydrogens is 499 g/mol. The Balaban J connectivity index is 2.12. The van der Waals surface area contributed by atoms with Crippen molar-refractivity contribution in [1.29, 1.82) is 0 Å². The number of carbonyl (C=O) groups excluding carboxylic acids is 4. The summed E-state index contributed by atoms with van der Waals surface area (Å²) in [5.74, 6) is -4.60. The molecule has 2 atom stereocenters. The molecule has 0 bridgehead atoms. The van der Waals surface area contributed by atoms with Crippen LogP contribution in [0.15, 0.2) is 42.5 Å². The number of methoxy groups -OCH3 is 1. The van der Waals surface area contributed by atoms with Crippen LogP contribution in [0.5, 0.6) is 11.5 Å². The predicted octanol–water partition coefficient (Wildman–Crippen LogP) is 2.33. The third-order valence-corrected chi connectivity index (χ3v) is 5.59. The molecule has 0 unspecified atom stereocenters. The van der Waals surface area contributed by atoms with Gasteiger partial charge in [0.05, 0.1) is 20.0 Å². The molecule has 0 aliphatic rings. The number of benzene rings is 2. The van der Waals surface area contributed by atoms with Gasteiger partial charge in [-0.25, -0.2) is 4.39 Å². The molecule has 10 nitrogen and oxygen atoms in total. The van der Waals surface area contributed by atoms with Gasteiger partial charge in [0.15, 0.2) is 23.1 Å². The number of hydrogen-bond donors (Lipinski definition) is 3. The summed E-state index contributed by atoms with van der Waals surface area (Å²) in [4.78, 5) is 61.6. The molecule has 38 heavy (non-hydrogen) atoms. The summed E-state index contributed by atoms with van der Waals surface area (Å²) < 4.78 is 24.2. The van der Waals surface area contributed by atoms with Crippen molar-refractivity contribution in [2.45, 2.75) is 45.7 Å². The Morgan fingerprint density at radius 1 is 1.00 bits per heavy atom. The van der Waals surface area contributed by atoms with Gasteiger partial charge >= 0.3 is 5.97 Å². The molecule has 2 aromatic rings. The quantitative estimate of drug-likeness (QED) is 0.315. The van der Waals surface area contributed by atoms with Gasteiger partial charge in [-0.05, 0) is 43.2 Å². The van der Waals surface area contributed by atoms with Crippen LogP contribution in [0.2, 0.25) is 0 Å². The fourth-order valence-electron chi connectivity index (χ4n) is 3.56. The molecular formula is C27H31FN2O8. The van der Waals surface area contributed by atoms with E-state index in [2.05, 4.69) is 10.6 Å². The van der Waals surface area contributed by atoms with Crippen LogP contribution in [-0.2, 0) is 25.6 Å². The number of para-hydroxylation sites is 1. The SMILES string of the molecule is COc1ccc(C(C)=O)cc1CC(=O)N[C@H](C(=O)N[C@@H](CC(=O)O)C(=O)COc1ccccc1F)C(C)C. The number of rotatable bonds is 14. The Bertz CT molecular complexity index is 1200. The van der Waals surface area contributed by atoms with Crippen LogP contribution < -0.4 is 20.1 Å². The number of carboxylic acids is 1. The van der Waals surface area contributed by atoms with Gasteiger partial charge in [-0.3, -0.25) is 24.0 Å². The molecule has 2 rings (SSSR count). The molecule has 204 valence electrons. The Labute approximate surface area is 219 Å². The van der Waals surface area contributed by atoms with Crippen LogP contribution in [-0.4, -0.2) is 60.3 Å². The Morgan fingerprint density at radius 3 is 2.26 bits per heavy atom. The summed E-state index contributed by atoms with van der Waals surface area (Å²) in [6.45, 7) is 4.04. The fraction of sp³-hybridized carbons (Fsp3) is 0.370. The highest BCUT2D eigenvalue weighted by Crippen LogP contribution is 2.21. The maximum atomic E-state index is 13.8. The average Bonchev–Trinajstić information content (AvgIpc) is 2.85. The average molecular weight is 531 g/mol. The molecule has 0 aliphatic carbocycles. The maximum absolute atomic E-state index is 13.8. The lowest BCUT2D eigenvalue weighted by Crippen LogP contribution is -2.54. The van der Waals surface area contributed by atoms with Gasteiger partial charge in [0.2, 0.25) is 11.8 Å². The number of nitrogens with one attached hydrogen (secondary N) is 2. The van der Waals surface area contributed by atoms with E-state index >= 15 is 0 Å². The summed E-state index contributed by atoms with van der Waals surface area (Å²) in [7, 11) is 1.42. The molecule has 0 saturated heterocycles. The third kappa shape index (κ3) is 8.68. The number of halogens is 1. The molecule has 0 fully saturated rings. The van der Waals surface area contributed by atoms with E-state index in [1.807, 2.05) is 0 Å². The van der Waals surface area contributed by atoms with Crippen LogP contribution in [0.25, 0.3) is 0 Å². The summed E-state index contributed by atoms with van der Waals surface area (Å²) in [5, 5.41) is 14.2. The molecule has 0 radical (unpaired) electrons. The van der Waals surface area contributed by atoms with Crippen molar-refractivity contribution in [2.75, 3.05) is 13.7 Å². The minimum atomic E-state index is -1.47. The van der Waals surface area contributed by atoms with E-state index < -0.39 is 60.4 Å². The minimum Gasteiger partial charge on any atom is -0.496 e. The van der Waals surface area contributed by atoms with Crippen molar-refractivity contribution in [3.63, 3.8) is 0 Å². The largest absolute Gasteiger partial charge is 0.496 e. The van der Waals surface area contributed by atoms with Gasteiger partial charge in [0, 0.05) is 11.1 Å². The van der Waals surface area contributed by atoms with Crippen LogP contribution in [0, 0.1) is 11.7 Å². The molecule has 2 aromatic carbocycles. The molecule has 0 aliphatic heterocycles. The number of Topliss-reactive ketones (excluding diaryl/α,β-unsaturated/α-hetero) is 2. The predicted molar refractivity (Wildman–Crippen MR) is 135 cm³/mol. The number of ketones is 2. The van der Waals surface area contributed by atoms with Gasteiger partial charge in [0.25, 0.3) is 0 Å². The first-order chi connectivity index (χ1) is 17.9. The second-order valence-corrected chi connectivity index (χ2v) is 8.89. The lowest BCUT2D eigenvalue weighted by Gasteiger charge is -2.25. The van der Waals surface area contributed by atoms with Crippen LogP contribution in [0.3, 0.4) is 0 Å². The first-order valence-corrected chi connectivity index (χ1v) is 11.8. The highest BCUT2D eigenvalue weighted by Gasteiger charge is 2.30. The normalized spacial score (nSPS) is 12.3. The van der Waals surface area contributed by atoms with Gasteiger partial charge in [-0.2, -0.15) is 0 Å². The summed E-state index contributed by atoms with van der Waals surface area (Å²) >= 11 is 0. The van der Waals surface area contributed by atoms with Crippen molar-refractivity contribution in [1.82, 2.24) is 10.6 Å². The zero-order chi connectivity index (χ0) is 28.4. The van der Waals surface area contributed by atoms with Crippen LogP contribution in [0.1, 0.15) is 43.1 Å². The van der Waals surface area contributed by atoms with Crippen molar-refractivity contribution in [2.24, 2.45) is 5.92 Å². The zero-order valence-corrected chi connectivity index (χ0v) is 21.6. The van der Waals surface area contributed by atoms with Crippen molar-refractivity contribution in [3.05, 3.63) is 59.4 Å². The van der Waals surface area contributed by atoms with Gasteiger partial charge < -0.3 is 25.2 Å². The second-order valence-electron chi connectivity index (χ2n) is 8.89. The van der Waals surface area contributed by atoms with Gasteiger partial charge in [-0.1, -0.05) is 26.0 Å². The number of hydrogen-bond acceptors (Lipinski definition) is 7. The molecule has 11 heteroatoms. The van der Waals surface area contributed by atoms with Crippen molar-refractivity contribution in [3.8, 4) is 11.5 Å². The first-order valence-electron chi connectivity index (χ1n) is 11.8. The lowest BCUT2D eigenvalue weighted by atomic mass is 10.0. The Kier molecular flexibility index (Phi) is 10.9. The Morgan fingerprint density at radius 2 is 1.68 bits per heavy atom. The van der Waals surface area contributed by atoms with E-state index in [-0.39, 0.29) is 18.0 Å². The molecule has 0 aromatic heterocycles. The number of ether oxygens (including phenoxy) is 2. The number of amides is 2. The topological polar surface area (TPSA) is 148 Å². The number of carbonyl (C=O) groups is 5. The summed E-state index contributed by atoms with van der Waals surface area (Å²) in [6, 6.07) is 7.47. The van der Waals surface area contributed by atoms with E-state index in [1.54, 1.807) is 26.0 Å². The monoisotopic (exact) mass is 530 g/mol. The van der Waals surface area contributed by atoms with E-state index in [9.17, 15) is 33.5 Å². The molecule has 0 saturated carbocycles. The summed E-state index contributed by atoms with van der Waals surface area (Å²) in [5.41, 5.74) is 0.823. The highest BCUT2D eigenvalue weighted by molar-refractivity contribution is 5.96. The van der Waals surface area contributed by atoms with E-state index in [4.69, 9.17) is 9.47 Å². The van der Waals surface area contributed by atoms with Gasteiger partial charge in [-0.15, -0.1) is 0 Å². The molecule has 0 spiro atoms. The van der Waals surface area contributed by atoms with E-state index in [0.717, 1.165) is 6.07 Å². The molecule has 2 amide bonds. The smallest absolute Gasteiger partial charge is 0.305 e. The third-order valence-electron chi connectivity index (χ3n) is 5.59. The van der Waals surface area contributed by atoms with Crippen LogP contribution >= 0.6 is 0 Å². The Hall–Kier alpha value is -4.28. The standard InChI is InChI=1S/C27H31FN2O8/c1-15(2)26(30-24(33)12-18-11-17(16(3)31)9-10-22(18)37-4)27(36)29-20(13-25(34)35)21(32)14-38-23-8-6-5-7-19(23)28/h5-11,15,20,26H,12-14H2,1-4H3,(H,29,36)(H,30,33)(H,34,35)/t20-,26-/m0/s1. The van der Waals surface area contributed by atoms with E-state index in [0.29, 0.717) is 16.9 Å². The summed E-state index contributed by atoms with van der Waals surface area (Å²) in [6.07, 6.45) is -0.937. The number of carboxylic acid groups (broad SMARTS) is 1. The van der Waals surface area contributed by atoms with Crippen molar-refractivity contribution >= 4 is 29.4 Å². The second kappa shape index (κ2) is 13.9. The van der Waals surface area contributed by atoms with E-state index in [1.165, 1.54) is 38.3 Å². The molecule has 0 heterocycles. The van der Waals surface area contributed by atoms with Crippen LogP contribution in [0.4, 0.5) is 4.39 Å². The lowest BCUT2D eigenvalue weighted by molar-refractivity contribution is -0.141.